The summed E-state index contributed by atoms with van der Waals surface area (Å²) in [7, 11) is 1.49. The molecule has 0 spiro atoms. The SMILES string of the molecule is COC1=CNC#CCC(c2cc(F)cnc2C2(O)C=C(C#N)C(=O)C(C)(C)C2)=C1. The molecule has 1 atom stereocenters. The quantitative estimate of drug-likeness (QED) is 0.767. The minimum atomic E-state index is -1.72. The number of nitrogens with zero attached hydrogens (tertiary/aromatic N) is 2. The van der Waals surface area contributed by atoms with E-state index in [0.717, 1.165) is 6.20 Å². The van der Waals surface area contributed by atoms with Crippen LogP contribution in [0.2, 0.25) is 0 Å². The van der Waals surface area contributed by atoms with Crippen LogP contribution in [0.25, 0.3) is 5.57 Å². The van der Waals surface area contributed by atoms with Gasteiger partial charge in [0.1, 0.15) is 23.2 Å². The zero-order valence-corrected chi connectivity index (χ0v) is 16.3. The van der Waals surface area contributed by atoms with Gasteiger partial charge in [-0.05, 0) is 30.2 Å². The van der Waals surface area contributed by atoms with Crippen LogP contribution in [0.1, 0.15) is 37.9 Å². The summed E-state index contributed by atoms with van der Waals surface area (Å²) in [4.78, 5) is 16.6. The van der Waals surface area contributed by atoms with Gasteiger partial charge in [-0.1, -0.05) is 19.8 Å². The molecule has 0 bridgehead atoms. The maximum absolute atomic E-state index is 14.1. The summed E-state index contributed by atoms with van der Waals surface area (Å²) in [5, 5.41) is 23.6. The predicted molar refractivity (Wildman–Crippen MR) is 104 cm³/mol. The number of allylic oxidation sites excluding steroid dienone is 3. The van der Waals surface area contributed by atoms with Crippen molar-refractivity contribution in [2.75, 3.05) is 7.11 Å². The number of hydrogen-bond acceptors (Lipinski definition) is 6. The molecule has 0 radical (unpaired) electrons. The van der Waals surface area contributed by atoms with Crippen molar-refractivity contribution in [3.05, 3.63) is 59.0 Å². The van der Waals surface area contributed by atoms with Crippen molar-refractivity contribution in [2.45, 2.75) is 32.3 Å². The van der Waals surface area contributed by atoms with E-state index < -0.39 is 16.8 Å². The van der Waals surface area contributed by atoms with Gasteiger partial charge in [-0.3, -0.25) is 9.78 Å². The van der Waals surface area contributed by atoms with E-state index in [1.807, 2.05) is 6.07 Å². The summed E-state index contributed by atoms with van der Waals surface area (Å²) in [6.45, 7) is 3.32. The molecule has 1 aromatic heterocycles. The molecule has 1 aliphatic heterocycles. The van der Waals surface area contributed by atoms with Crippen molar-refractivity contribution < 1.29 is 19.0 Å². The molecule has 1 unspecified atom stereocenters. The fourth-order valence-electron chi connectivity index (χ4n) is 3.59. The highest BCUT2D eigenvalue weighted by molar-refractivity contribution is 6.04. The topological polar surface area (TPSA) is 95.2 Å². The summed E-state index contributed by atoms with van der Waals surface area (Å²) in [6.07, 6.45) is 5.71. The maximum atomic E-state index is 14.1. The van der Waals surface area contributed by atoms with Crippen molar-refractivity contribution in [1.82, 2.24) is 10.3 Å². The second-order valence-electron chi connectivity index (χ2n) is 7.58. The Hall–Kier alpha value is -3.42. The highest BCUT2D eigenvalue weighted by Gasteiger charge is 2.46. The lowest BCUT2D eigenvalue weighted by molar-refractivity contribution is -0.127. The van der Waals surface area contributed by atoms with Crippen LogP contribution in [-0.2, 0) is 15.1 Å². The van der Waals surface area contributed by atoms with E-state index in [9.17, 15) is 19.6 Å². The highest BCUT2D eigenvalue weighted by Crippen LogP contribution is 2.44. The normalized spacial score (nSPS) is 23.0. The highest BCUT2D eigenvalue weighted by atomic mass is 19.1. The smallest absolute Gasteiger partial charge is 0.178 e. The predicted octanol–water partition coefficient (Wildman–Crippen LogP) is 2.68. The van der Waals surface area contributed by atoms with Crippen LogP contribution in [0.3, 0.4) is 0 Å². The first-order valence-corrected chi connectivity index (χ1v) is 8.95. The molecule has 3 rings (SSSR count). The molecule has 6 nitrogen and oxygen atoms in total. The second-order valence-corrected chi connectivity index (χ2v) is 7.58. The van der Waals surface area contributed by atoms with Crippen molar-refractivity contribution in [3.8, 4) is 18.0 Å². The zero-order chi connectivity index (χ0) is 21.2. The van der Waals surface area contributed by atoms with Gasteiger partial charge in [0, 0.05) is 23.4 Å². The second kappa shape index (κ2) is 7.54. The summed E-state index contributed by atoms with van der Waals surface area (Å²) >= 11 is 0. The fraction of sp³-hybridized carbons (Fsp3) is 0.318. The minimum Gasteiger partial charge on any atom is -0.495 e. The average Bonchev–Trinajstić information content (AvgIpc) is 2.64. The van der Waals surface area contributed by atoms with Crippen LogP contribution in [0, 0.1) is 34.5 Å². The fourth-order valence-corrected chi connectivity index (χ4v) is 3.59. The van der Waals surface area contributed by atoms with Gasteiger partial charge in [0.15, 0.2) is 5.78 Å². The van der Waals surface area contributed by atoms with Gasteiger partial charge in [-0.15, -0.1) is 0 Å². The molecule has 0 saturated carbocycles. The third-order valence-corrected chi connectivity index (χ3v) is 4.89. The Morgan fingerprint density at radius 2 is 2.21 bits per heavy atom. The number of Topliss-reactive ketones (excluding diaryl/α,β-unsaturated/α-hetero) is 1. The molecule has 0 fully saturated rings. The molecule has 2 N–H and O–H groups in total. The summed E-state index contributed by atoms with van der Waals surface area (Å²) in [6, 6.07) is 5.85. The van der Waals surface area contributed by atoms with Gasteiger partial charge in [0.25, 0.3) is 0 Å². The van der Waals surface area contributed by atoms with Gasteiger partial charge in [-0.2, -0.15) is 5.26 Å². The van der Waals surface area contributed by atoms with E-state index in [2.05, 4.69) is 22.3 Å². The summed E-state index contributed by atoms with van der Waals surface area (Å²) < 4.78 is 19.4. The molecule has 0 aromatic carbocycles. The number of halogens is 1. The minimum absolute atomic E-state index is 0.00311. The molecule has 1 aromatic rings. The first-order chi connectivity index (χ1) is 13.7. The maximum Gasteiger partial charge on any atom is 0.178 e. The van der Waals surface area contributed by atoms with Crippen LogP contribution in [0.15, 0.2) is 41.9 Å². The van der Waals surface area contributed by atoms with Gasteiger partial charge in [0.2, 0.25) is 0 Å². The van der Waals surface area contributed by atoms with Crippen LogP contribution in [0.4, 0.5) is 4.39 Å². The molecule has 2 aliphatic rings. The molecule has 29 heavy (non-hydrogen) atoms. The molecule has 7 heteroatoms. The molecule has 0 saturated heterocycles. The lowest BCUT2D eigenvalue weighted by Gasteiger charge is -2.38. The van der Waals surface area contributed by atoms with E-state index in [-0.39, 0.29) is 29.9 Å². The standard InChI is InChI=1S/C22H20FN3O3/c1-21(2)13-22(28,9-15(10-24)20(21)27)19-18(8-16(23)11-26-19)14-5-4-6-25-12-17(7-14)29-3/h7-9,11-12,25,28H,5,13H2,1-3H3. The lowest BCUT2D eigenvalue weighted by Crippen LogP contribution is -2.41. The van der Waals surface area contributed by atoms with Gasteiger partial charge >= 0.3 is 0 Å². The number of aromatic nitrogens is 1. The Labute approximate surface area is 168 Å². The number of pyridine rings is 1. The van der Waals surface area contributed by atoms with E-state index in [0.29, 0.717) is 16.9 Å². The zero-order valence-electron chi connectivity index (χ0n) is 16.3. The number of hydrogen-bond donors (Lipinski definition) is 2. The first-order valence-electron chi connectivity index (χ1n) is 8.95. The molecular weight excluding hydrogens is 373 g/mol. The number of ketones is 1. The molecule has 148 valence electrons. The molecule has 2 heterocycles. The largest absolute Gasteiger partial charge is 0.495 e. The third kappa shape index (κ3) is 3.91. The number of carbonyl (C=O) groups excluding carboxylic acids is 1. The van der Waals surface area contributed by atoms with Crippen molar-refractivity contribution in [1.29, 1.82) is 5.26 Å². The first kappa shape index (κ1) is 20.3. The molecular formula is C22H20FN3O3. The van der Waals surface area contributed by atoms with Gasteiger partial charge in [0.05, 0.1) is 30.8 Å². The number of nitriles is 1. The van der Waals surface area contributed by atoms with Crippen molar-refractivity contribution >= 4 is 11.4 Å². The Morgan fingerprint density at radius 1 is 1.45 bits per heavy atom. The number of methoxy groups -OCH3 is 1. The van der Waals surface area contributed by atoms with Crippen LogP contribution < -0.4 is 5.32 Å². The van der Waals surface area contributed by atoms with E-state index in [1.165, 1.54) is 19.3 Å². The van der Waals surface area contributed by atoms with E-state index in [4.69, 9.17) is 4.74 Å². The number of nitrogens with one attached hydrogen (secondary N) is 1. The lowest BCUT2D eigenvalue weighted by atomic mass is 9.68. The Morgan fingerprint density at radius 3 is 2.90 bits per heavy atom. The summed E-state index contributed by atoms with van der Waals surface area (Å²) in [5.41, 5.74) is -1.77. The third-order valence-electron chi connectivity index (χ3n) is 4.89. The van der Waals surface area contributed by atoms with Gasteiger partial charge < -0.3 is 15.2 Å². The molecule has 1 aliphatic carbocycles. The molecule has 0 amide bonds. The number of aliphatic hydroxyl groups is 1. The van der Waals surface area contributed by atoms with Gasteiger partial charge in [-0.25, -0.2) is 4.39 Å². The van der Waals surface area contributed by atoms with Crippen molar-refractivity contribution in [2.24, 2.45) is 5.41 Å². The van der Waals surface area contributed by atoms with E-state index >= 15 is 0 Å². The number of ether oxygens (including phenoxy) is 1. The summed E-state index contributed by atoms with van der Waals surface area (Å²) in [5.74, 6) is 2.43. The number of rotatable bonds is 3. The average molecular weight is 393 g/mol. The number of carbonyl (C=O) groups is 1. The van der Waals surface area contributed by atoms with Crippen molar-refractivity contribution in [3.63, 3.8) is 0 Å². The Kier molecular flexibility index (Phi) is 5.28. The Balaban J connectivity index is 2.23. The van der Waals surface area contributed by atoms with Crippen LogP contribution in [-0.4, -0.2) is 23.0 Å². The monoisotopic (exact) mass is 393 g/mol. The van der Waals surface area contributed by atoms with Crippen LogP contribution in [0.5, 0.6) is 0 Å². The van der Waals surface area contributed by atoms with Crippen LogP contribution >= 0.6 is 0 Å². The van der Waals surface area contributed by atoms with E-state index in [1.54, 1.807) is 26.1 Å². The Bertz CT molecular complexity index is 1070.